The third-order valence-electron chi connectivity index (χ3n) is 3.26. The van der Waals surface area contributed by atoms with Gasteiger partial charge in [0.2, 0.25) is 0 Å². The van der Waals surface area contributed by atoms with Crippen LogP contribution in [0.3, 0.4) is 0 Å². The molecule has 1 aliphatic heterocycles. The molecule has 100 valence electrons. The molecule has 0 N–H and O–H groups in total. The maximum absolute atomic E-state index is 11.1. The quantitative estimate of drug-likeness (QED) is 0.628. The van der Waals surface area contributed by atoms with E-state index in [2.05, 4.69) is 9.98 Å². The Hall–Kier alpha value is -2.27. The molecule has 3 rings (SSSR count). The lowest BCUT2D eigenvalue weighted by atomic mass is 10.0. The van der Waals surface area contributed by atoms with Crippen LogP contribution in [0.2, 0.25) is 5.02 Å². The van der Waals surface area contributed by atoms with Crippen molar-refractivity contribution in [1.82, 2.24) is 0 Å². The predicted molar refractivity (Wildman–Crippen MR) is 74.2 cm³/mol. The average Bonchev–Trinajstić information content (AvgIpc) is 2.80. The van der Waals surface area contributed by atoms with Crippen molar-refractivity contribution in [3.8, 4) is 0 Å². The zero-order valence-electron chi connectivity index (χ0n) is 10.6. The summed E-state index contributed by atoms with van der Waals surface area (Å²) in [6.45, 7) is 1.81. The van der Waals surface area contributed by atoms with Gasteiger partial charge in [-0.2, -0.15) is 0 Å². The Morgan fingerprint density at radius 2 is 1.75 bits per heavy atom. The molecule has 20 heavy (non-hydrogen) atoms. The zero-order valence-corrected chi connectivity index (χ0v) is 11.3. The number of nitrogens with zero attached hydrogens (tertiary/aromatic N) is 3. The number of halogens is 1. The van der Waals surface area contributed by atoms with Gasteiger partial charge < -0.3 is 0 Å². The Balaban J connectivity index is 2.31. The fourth-order valence-corrected chi connectivity index (χ4v) is 2.45. The molecule has 2 aromatic carbocycles. The maximum Gasteiger partial charge on any atom is 0.296 e. The summed E-state index contributed by atoms with van der Waals surface area (Å²) in [6, 6.07) is 12.3. The third kappa shape index (κ3) is 1.87. The van der Waals surface area contributed by atoms with E-state index in [-0.39, 0.29) is 11.0 Å². The molecule has 6 heteroatoms. The van der Waals surface area contributed by atoms with Crippen molar-refractivity contribution in [2.24, 2.45) is 9.98 Å². The topological polar surface area (TPSA) is 67.9 Å². The van der Waals surface area contributed by atoms with Gasteiger partial charge in [0.1, 0.15) is 5.36 Å². The number of benzene rings is 2. The van der Waals surface area contributed by atoms with Gasteiger partial charge in [-0.05, 0) is 13.0 Å². The second-order valence-corrected chi connectivity index (χ2v) is 5.04. The Bertz CT molecular complexity index is 820. The number of nitro benzene ring substituents is 1. The number of hydrogen-bond donors (Lipinski definition) is 0. The molecule has 5 nitrogen and oxygen atoms in total. The van der Waals surface area contributed by atoms with E-state index in [1.54, 1.807) is 0 Å². The van der Waals surface area contributed by atoms with Crippen LogP contribution in [0, 0.1) is 10.1 Å². The third-order valence-corrected chi connectivity index (χ3v) is 3.56. The summed E-state index contributed by atoms with van der Waals surface area (Å²) in [5, 5.41) is 12.1. The van der Waals surface area contributed by atoms with Crippen molar-refractivity contribution in [2.45, 2.75) is 12.6 Å². The molecule has 1 aliphatic rings. The summed E-state index contributed by atoms with van der Waals surface area (Å²) in [5.74, 6) is 0. The molecule has 0 saturated carbocycles. The zero-order chi connectivity index (χ0) is 14.3. The van der Waals surface area contributed by atoms with Gasteiger partial charge in [0.25, 0.3) is 5.69 Å². The van der Waals surface area contributed by atoms with E-state index in [9.17, 15) is 10.1 Å². The summed E-state index contributed by atoms with van der Waals surface area (Å²) >= 11 is 6.08. The maximum atomic E-state index is 11.1. The van der Waals surface area contributed by atoms with Gasteiger partial charge in [-0.1, -0.05) is 41.9 Å². The molecule has 0 radical (unpaired) electrons. The minimum absolute atomic E-state index is 0.0761. The first kappa shape index (κ1) is 12.7. The number of rotatable bonds is 2. The molecule has 1 atom stereocenters. The molecule has 0 saturated heterocycles. The van der Waals surface area contributed by atoms with Crippen LogP contribution >= 0.6 is 11.6 Å². The van der Waals surface area contributed by atoms with E-state index >= 15 is 0 Å². The van der Waals surface area contributed by atoms with Crippen molar-refractivity contribution in [3.63, 3.8) is 0 Å². The van der Waals surface area contributed by atoms with E-state index < -0.39 is 10.6 Å². The summed E-state index contributed by atoms with van der Waals surface area (Å²) in [5.41, 5.74) is -0.0892. The number of hydrogen-bond acceptors (Lipinski definition) is 4. The highest BCUT2D eigenvalue weighted by Crippen LogP contribution is 2.28. The van der Waals surface area contributed by atoms with Crippen LogP contribution in [0.4, 0.5) is 5.69 Å². The molecule has 0 amide bonds. The first-order valence-corrected chi connectivity index (χ1v) is 6.37. The van der Waals surface area contributed by atoms with E-state index in [4.69, 9.17) is 11.6 Å². The van der Waals surface area contributed by atoms with E-state index in [1.165, 1.54) is 12.1 Å². The van der Waals surface area contributed by atoms with Crippen molar-refractivity contribution in [3.05, 3.63) is 73.9 Å². The van der Waals surface area contributed by atoms with Crippen molar-refractivity contribution >= 4 is 17.3 Å². The Morgan fingerprint density at radius 1 is 1.10 bits per heavy atom. The van der Waals surface area contributed by atoms with Crippen molar-refractivity contribution < 1.29 is 4.92 Å². The summed E-state index contributed by atoms with van der Waals surface area (Å²) in [7, 11) is 0. The van der Waals surface area contributed by atoms with Crippen LogP contribution in [0.1, 0.15) is 12.5 Å². The molecule has 1 unspecified atom stereocenters. The van der Waals surface area contributed by atoms with Crippen LogP contribution < -0.4 is 10.7 Å². The first-order valence-electron chi connectivity index (χ1n) is 5.99. The summed E-state index contributed by atoms with van der Waals surface area (Å²) in [6.07, 6.45) is 0. The Labute approximate surface area is 119 Å². The van der Waals surface area contributed by atoms with Crippen LogP contribution in [0.25, 0.3) is 0 Å². The summed E-state index contributed by atoms with van der Waals surface area (Å²) < 4.78 is 0. The van der Waals surface area contributed by atoms with Gasteiger partial charge in [0.05, 0.1) is 9.95 Å². The number of fused-ring (bicyclic) bond motifs is 1. The Kier molecular flexibility index (Phi) is 2.79. The van der Waals surface area contributed by atoms with Crippen LogP contribution in [0.5, 0.6) is 0 Å². The second kappa shape index (κ2) is 4.38. The van der Waals surface area contributed by atoms with Crippen molar-refractivity contribution in [2.75, 3.05) is 0 Å². The van der Waals surface area contributed by atoms with Crippen LogP contribution in [0.15, 0.2) is 52.4 Å². The van der Waals surface area contributed by atoms with Crippen LogP contribution in [-0.4, -0.2) is 4.92 Å². The minimum Gasteiger partial charge on any atom is -0.258 e. The van der Waals surface area contributed by atoms with Gasteiger partial charge in [-0.15, -0.1) is 0 Å². The monoisotopic (exact) mass is 287 g/mol. The summed E-state index contributed by atoms with van der Waals surface area (Å²) in [4.78, 5) is 19.5. The highest BCUT2D eigenvalue weighted by atomic mass is 35.5. The average molecular weight is 288 g/mol. The fraction of sp³-hybridized carbons (Fsp3) is 0.143. The molecular weight excluding hydrogens is 278 g/mol. The molecule has 0 spiro atoms. The fourth-order valence-electron chi connectivity index (χ4n) is 2.25. The van der Waals surface area contributed by atoms with E-state index in [1.807, 2.05) is 37.3 Å². The number of nitro groups is 1. The molecule has 2 aromatic rings. The standard InChI is InChI=1S/C14H10ClN3O2/c1-14(9-5-3-2-4-6-9)16-12-10(15)7-8-11(18(19)20)13(12)17-14/h2-8H,1H3. The normalized spacial score (nSPS) is 19.9. The van der Waals surface area contributed by atoms with Gasteiger partial charge in [0.15, 0.2) is 11.0 Å². The molecular formula is C14H10ClN3O2. The van der Waals surface area contributed by atoms with Gasteiger partial charge in [-0.25, -0.2) is 9.98 Å². The lowest BCUT2D eigenvalue weighted by Gasteiger charge is -2.17. The molecule has 1 heterocycles. The molecule has 0 fully saturated rings. The second-order valence-electron chi connectivity index (χ2n) is 4.63. The molecule has 0 aliphatic carbocycles. The SMILES string of the molecule is CC1(c2ccccc2)N=c2c(Cl)ccc([N+](=O)[O-])c2=N1. The van der Waals surface area contributed by atoms with Crippen molar-refractivity contribution in [1.29, 1.82) is 0 Å². The molecule has 0 aromatic heterocycles. The lowest BCUT2D eigenvalue weighted by molar-refractivity contribution is -0.386. The predicted octanol–water partition coefficient (Wildman–Crippen LogP) is 2.37. The molecule has 0 bridgehead atoms. The van der Waals surface area contributed by atoms with Gasteiger partial charge >= 0.3 is 0 Å². The Morgan fingerprint density at radius 3 is 2.40 bits per heavy atom. The smallest absolute Gasteiger partial charge is 0.258 e. The lowest BCUT2D eigenvalue weighted by Crippen LogP contribution is -2.25. The van der Waals surface area contributed by atoms with Gasteiger partial charge in [-0.3, -0.25) is 10.1 Å². The largest absolute Gasteiger partial charge is 0.296 e. The van der Waals surface area contributed by atoms with E-state index in [0.717, 1.165) is 5.56 Å². The highest BCUT2D eigenvalue weighted by molar-refractivity contribution is 6.30. The number of non-ortho nitro benzene ring substituents is 1. The van der Waals surface area contributed by atoms with Gasteiger partial charge in [0, 0.05) is 11.6 Å². The van der Waals surface area contributed by atoms with E-state index in [0.29, 0.717) is 10.4 Å². The highest BCUT2D eigenvalue weighted by Gasteiger charge is 2.31. The van der Waals surface area contributed by atoms with Crippen LogP contribution in [-0.2, 0) is 5.66 Å². The minimum atomic E-state index is -0.876. The first-order chi connectivity index (χ1) is 9.51.